The van der Waals surface area contributed by atoms with E-state index < -0.39 is 0 Å². The summed E-state index contributed by atoms with van der Waals surface area (Å²) in [5, 5.41) is 6.16. The molecule has 0 bridgehead atoms. The average Bonchev–Trinajstić information content (AvgIpc) is 3.05. The van der Waals surface area contributed by atoms with Gasteiger partial charge in [-0.2, -0.15) is 0 Å². The summed E-state index contributed by atoms with van der Waals surface area (Å²) in [5.41, 5.74) is 6.47. The molecule has 0 unspecified atom stereocenters. The fourth-order valence-electron chi connectivity index (χ4n) is 2.89. The van der Waals surface area contributed by atoms with Gasteiger partial charge in [-0.3, -0.25) is 4.79 Å². The lowest BCUT2D eigenvalue weighted by Crippen LogP contribution is -2.51. The van der Waals surface area contributed by atoms with E-state index in [4.69, 9.17) is 5.73 Å². The minimum absolute atomic E-state index is 0.0183. The first kappa shape index (κ1) is 12.6. The van der Waals surface area contributed by atoms with E-state index in [2.05, 4.69) is 5.32 Å². The van der Waals surface area contributed by atoms with Crippen molar-refractivity contribution >= 4 is 27.3 Å². The van der Waals surface area contributed by atoms with Gasteiger partial charge in [0.05, 0.1) is 11.1 Å². The Bertz CT molecular complexity index is 599. The molecule has 19 heavy (non-hydrogen) atoms. The van der Waals surface area contributed by atoms with Gasteiger partial charge in [0.25, 0.3) is 5.91 Å². The number of fused-ring (bicyclic) bond motifs is 1. The lowest BCUT2D eigenvalue weighted by Gasteiger charge is -2.28. The monoisotopic (exact) mass is 274 g/mol. The molecule has 1 aliphatic carbocycles. The zero-order chi connectivity index (χ0) is 13.3. The zero-order valence-electron chi connectivity index (χ0n) is 10.8. The summed E-state index contributed by atoms with van der Waals surface area (Å²) in [6, 6.07) is 8.02. The lowest BCUT2D eigenvalue weighted by atomic mass is 9.97. The highest BCUT2D eigenvalue weighted by molar-refractivity contribution is 7.17. The normalized spacial score (nSPS) is 17.7. The molecular formula is C15H18N2OS. The molecule has 1 fully saturated rings. The Morgan fingerprint density at radius 1 is 1.32 bits per heavy atom. The SMILES string of the molecule is NCC1(NC(=O)c2csc3ccccc23)CCCC1. The Kier molecular flexibility index (Phi) is 3.29. The molecule has 1 aromatic heterocycles. The maximum absolute atomic E-state index is 12.5. The Balaban J connectivity index is 1.88. The molecule has 4 heteroatoms. The molecule has 1 saturated carbocycles. The smallest absolute Gasteiger partial charge is 0.253 e. The van der Waals surface area contributed by atoms with Crippen LogP contribution in [0.5, 0.6) is 0 Å². The number of amides is 1. The highest BCUT2D eigenvalue weighted by atomic mass is 32.1. The molecule has 3 rings (SSSR count). The van der Waals surface area contributed by atoms with Crippen LogP contribution >= 0.6 is 11.3 Å². The van der Waals surface area contributed by atoms with Crippen molar-refractivity contribution < 1.29 is 4.79 Å². The molecule has 1 heterocycles. The molecule has 0 spiro atoms. The molecule has 2 aromatic rings. The highest BCUT2D eigenvalue weighted by Crippen LogP contribution is 2.30. The number of rotatable bonds is 3. The number of nitrogens with two attached hydrogens (primary N) is 1. The lowest BCUT2D eigenvalue weighted by molar-refractivity contribution is 0.0905. The molecule has 0 radical (unpaired) electrons. The summed E-state index contributed by atoms with van der Waals surface area (Å²) in [7, 11) is 0. The summed E-state index contributed by atoms with van der Waals surface area (Å²) in [5.74, 6) is 0.0183. The predicted molar refractivity (Wildman–Crippen MR) is 79.5 cm³/mol. The van der Waals surface area contributed by atoms with Crippen molar-refractivity contribution in [1.82, 2.24) is 5.32 Å². The summed E-state index contributed by atoms with van der Waals surface area (Å²) >= 11 is 1.61. The van der Waals surface area contributed by atoms with Crippen LogP contribution in [-0.2, 0) is 0 Å². The second kappa shape index (κ2) is 4.94. The van der Waals surface area contributed by atoms with E-state index in [1.54, 1.807) is 11.3 Å². The minimum atomic E-state index is -0.180. The predicted octanol–water partition coefficient (Wildman–Crippen LogP) is 2.90. The Hall–Kier alpha value is -1.39. The number of benzene rings is 1. The Labute approximate surface area is 116 Å². The van der Waals surface area contributed by atoms with E-state index in [9.17, 15) is 4.79 Å². The van der Waals surface area contributed by atoms with Gasteiger partial charge in [-0.05, 0) is 18.9 Å². The topological polar surface area (TPSA) is 55.1 Å². The summed E-state index contributed by atoms with van der Waals surface area (Å²) < 4.78 is 1.15. The van der Waals surface area contributed by atoms with Gasteiger partial charge in [0.2, 0.25) is 0 Å². The van der Waals surface area contributed by atoms with Crippen LogP contribution in [0, 0.1) is 0 Å². The molecule has 100 valence electrons. The standard InChI is InChI=1S/C15H18N2OS/c16-10-15(7-3-4-8-15)17-14(18)12-9-19-13-6-2-1-5-11(12)13/h1-2,5-6,9H,3-4,7-8,10,16H2,(H,17,18). The number of carbonyl (C=O) groups is 1. The number of nitrogens with one attached hydrogen (secondary N) is 1. The number of hydrogen-bond acceptors (Lipinski definition) is 3. The molecule has 0 aliphatic heterocycles. The third-order valence-corrected chi connectivity index (χ3v) is 5.02. The van der Waals surface area contributed by atoms with Crippen LogP contribution in [-0.4, -0.2) is 18.0 Å². The first-order chi connectivity index (χ1) is 9.24. The molecule has 0 atom stereocenters. The van der Waals surface area contributed by atoms with Crippen molar-refractivity contribution in [1.29, 1.82) is 0 Å². The maximum Gasteiger partial charge on any atom is 0.253 e. The third kappa shape index (κ3) is 2.26. The summed E-state index contributed by atoms with van der Waals surface area (Å²) in [6.07, 6.45) is 4.30. The number of thiophene rings is 1. The van der Waals surface area contributed by atoms with E-state index in [0.29, 0.717) is 6.54 Å². The third-order valence-electron chi connectivity index (χ3n) is 4.06. The van der Waals surface area contributed by atoms with E-state index in [-0.39, 0.29) is 11.4 Å². The average molecular weight is 274 g/mol. The Morgan fingerprint density at radius 3 is 2.79 bits per heavy atom. The van der Waals surface area contributed by atoms with Gasteiger partial charge in [-0.25, -0.2) is 0 Å². The van der Waals surface area contributed by atoms with Crippen molar-refractivity contribution in [3.63, 3.8) is 0 Å². The second-order valence-corrected chi connectivity index (χ2v) is 6.20. The van der Waals surface area contributed by atoms with Crippen LogP contribution in [0.25, 0.3) is 10.1 Å². The van der Waals surface area contributed by atoms with Crippen molar-refractivity contribution in [2.45, 2.75) is 31.2 Å². The molecular weight excluding hydrogens is 256 g/mol. The van der Waals surface area contributed by atoms with Crippen LogP contribution in [0.3, 0.4) is 0 Å². The van der Waals surface area contributed by atoms with Crippen molar-refractivity contribution in [2.75, 3.05) is 6.54 Å². The highest BCUT2D eigenvalue weighted by Gasteiger charge is 2.34. The maximum atomic E-state index is 12.5. The van der Waals surface area contributed by atoms with Crippen LogP contribution in [0.1, 0.15) is 36.0 Å². The first-order valence-electron chi connectivity index (χ1n) is 6.73. The molecule has 1 aliphatic rings. The molecule has 3 nitrogen and oxygen atoms in total. The van der Waals surface area contributed by atoms with E-state index >= 15 is 0 Å². The fourth-order valence-corrected chi connectivity index (χ4v) is 3.83. The first-order valence-corrected chi connectivity index (χ1v) is 7.61. The van der Waals surface area contributed by atoms with Gasteiger partial charge in [-0.15, -0.1) is 11.3 Å². The fraction of sp³-hybridized carbons (Fsp3) is 0.400. The van der Waals surface area contributed by atoms with Crippen LogP contribution in [0.15, 0.2) is 29.6 Å². The van der Waals surface area contributed by atoms with E-state index in [1.807, 2.05) is 29.6 Å². The van der Waals surface area contributed by atoms with E-state index in [0.717, 1.165) is 41.3 Å². The molecule has 3 N–H and O–H groups in total. The van der Waals surface area contributed by atoms with Gasteiger partial charge in [0.1, 0.15) is 0 Å². The summed E-state index contributed by atoms with van der Waals surface area (Å²) in [6.45, 7) is 0.529. The van der Waals surface area contributed by atoms with Crippen molar-refractivity contribution in [3.8, 4) is 0 Å². The molecule has 0 saturated heterocycles. The van der Waals surface area contributed by atoms with Gasteiger partial charge >= 0.3 is 0 Å². The van der Waals surface area contributed by atoms with Crippen LogP contribution in [0.2, 0.25) is 0 Å². The van der Waals surface area contributed by atoms with Crippen LogP contribution in [0.4, 0.5) is 0 Å². The van der Waals surface area contributed by atoms with Gasteiger partial charge < -0.3 is 11.1 Å². The van der Waals surface area contributed by atoms with E-state index in [1.165, 1.54) is 0 Å². The largest absolute Gasteiger partial charge is 0.345 e. The van der Waals surface area contributed by atoms with Gasteiger partial charge in [-0.1, -0.05) is 31.0 Å². The molecule has 1 aromatic carbocycles. The zero-order valence-corrected chi connectivity index (χ0v) is 11.6. The Morgan fingerprint density at radius 2 is 2.05 bits per heavy atom. The quantitative estimate of drug-likeness (QED) is 0.904. The van der Waals surface area contributed by atoms with Gasteiger partial charge in [0, 0.05) is 22.0 Å². The number of hydrogen-bond donors (Lipinski definition) is 2. The van der Waals surface area contributed by atoms with Crippen molar-refractivity contribution in [2.24, 2.45) is 5.73 Å². The van der Waals surface area contributed by atoms with Crippen LogP contribution < -0.4 is 11.1 Å². The second-order valence-electron chi connectivity index (χ2n) is 5.29. The minimum Gasteiger partial charge on any atom is -0.345 e. The number of carbonyl (C=O) groups excluding carboxylic acids is 1. The molecule has 1 amide bonds. The summed E-state index contributed by atoms with van der Waals surface area (Å²) in [4.78, 5) is 12.5. The van der Waals surface area contributed by atoms with Crippen molar-refractivity contribution in [3.05, 3.63) is 35.2 Å². The van der Waals surface area contributed by atoms with Gasteiger partial charge in [0.15, 0.2) is 0 Å².